The van der Waals surface area contributed by atoms with Crippen LogP contribution in [0.15, 0.2) is 47.7 Å². The van der Waals surface area contributed by atoms with Crippen molar-refractivity contribution in [3.05, 3.63) is 53.4 Å². The van der Waals surface area contributed by atoms with Crippen LogP contribution in [-0.4, -0.2) is 4.98 Å². The summed E-state index contributed by atoms with van der Waals surface area (Å²) in [5, 5.41) is 0. The second-order valence-electron chi connectivity index (χ2n) is 4.40. The predicted octanol–water partition coefficient (Wildman–Crippen LogP) is 4.32. The van der Waals surface area contributed by atoms with E-state index in [4.69, 9.17) is 0 Å². The molecular weight excluding hydrogens is 194 g/mol. The first kappa shape index (κ1) is 12.7. The van der Waals surface area contributed by atoms with Crippen LogP contribution in [0.4, 0.5) is 0 Å². The van der Waals surface area contributed by atoms with Crippen molar-refractivity contribution in [2.75, 3.05) is 0 Å². The summed E-state index contributed by atoms with van der Waals surface area (Å²) in [6.07, 6.45) is 9.66. The van der Waals surface area contributed by atoms with E-state index in [2.05, 4.69) is 44.0 Å². The molecule has 1 heterocycles. The van der Waals surface area contributed by atoms with E-state index in [0.717, 1.165) is 25.0 Å². The van der Waals surface area contributed by atoms with E-state index in [1.807, 2.05) is 18.3 Å². The molecule has 86 valence electrons. The van der Waals surface area contributed by atoms with Gasteiger partial charge >= 0.3 is 0 Å². The Labute approximate surface area is 98.9 Å². The smallest absolute Gasteiger partial charge is 0.0441 e. The minimum atomic E-state index is 0.946. The molecule has 1 nitrogen and oxygen atoms in total. The highest BCUT2D eigenvalue weighted by molar-refractivity contribution is 5.11. The van der Waals surface area contributed by atoms with Crippen molar-refractivity contribution in [3.63, 3.8) is 0 Å². The van der Waals surface area contributed by atoms with Gasteiger partial charge in [0.05, 0.1) is 0 Å². The Morgan fingerprint density at radius 3 is 2.62 bits per heavy atom. The first-order valence-corrected chi connectivity index (χ1v) is 5.87. The molecule has 0 aromatic carbocycles. The van der Waals surface area contributed by atoms with Gasteiger partial charge in [0, 0.05) is 18.3 Å². The Hall–Kier alpha value is -1.37. The quantitative estimate of drug-likeness (QED) is 0.667. The van der Waals surface area contributed by atoms with Gasteiger partial charge < -0.3 is 0 Å². The van der Waals surface area contributed by atoms with Gasteiger partial charge in [-0.25, -0.2) is 0 Å². The summed E-state index contributed by atoms with van der Waals surface area (Å²) in [5.74, 6) is 0. The second kappa shape index (κ2) is 7.00. The standard InChI is InChI=1S/C15H21N/c1-13(2)7-6-8-14(3)10-11-15-9-4-5-12-16-15/h4-5,7,9-10,12H,6,8,11H2,1-3H3/b14-10+. The van der Waals surface area contributed by atoms with Gasteiger partial charge in [-0.15, -0.1) is 0 Å². The van der Waals surface area contributed by atoms with Gasteiger partial charge in [0.1, 0.15) is 0 Å². The predicted molar refractivity (Wildman–Crippen MR) is 70.4 cm³/mol. The number of hydrogen-bond donors (Lipinski definition) is 0. The lowest BCUT2D eigenvalue weighted by Gasteiger charge is -1.99. The number of allylic oxidation sites excluding steroid dienone is 4. The number of hydrogen-bond acceptors (Lipinski definition) is 1. The van der Waals surface area contributed by atoms with Crippen LogP contribution in [0, 0.1) is 0 Å². The van der Waals surface area contributed by atoms with Crippen LogP contribution in [0.2, 0.25) is 0 Å². The summed E-state index contributed by atoms with van der Waals surface area (Å²) in [6, 6.07) is 6.06. The lowest BCUT2D eigenvalue weighted by atomic mass is 10.1. The van der Waals surface area contributed by atoms with Crippen LogP contribution < -0.4 is 0 Å². The lowest BCUT2D eigenvalue weighted by Crippen LogP contribution is -1.86. The number of aromatic nitrogens is 1. The third kappa shape index (κ3) is 5.50. The number of nitrogens with zero attached hydrogens (tertiary/aromatic N) is 1. The summed E-state index contributed by atoms with van der Waals surface area (Å²) in [4.78, 5) is 4.30. The molecule has 1 aromatic heterocycles. The van der Waals surface area contributed by atoms with Crippen molar-refractivity contribution >= 4 is 0 Å². The van der Waals surface area contributed by atoms with Crippen LogP contribution in [0.5, 0.6) is 0 Å². The first-order valence-electron chi connectivity index (χ1n) is 5.87. The minimum Gasteiger partial charge on any atom is -0.261 e. The molecular formula is C15H21N. The number of pyridine rings is 1. The molecule has 0 saturated heterocycles. The topological polar surface area (TPSA) is 12.9 Å². The van der Waals surface area contributed by atoms with Gasteiger partial charge in [0.2, 0.25) is 0 Å². The maximum atomic E-state index is 4.30. The van der Waals surface area contributed by atoms with Gasteiger partial charge in [-0.05, 0) is 45.7 Å². The summed E-state index contributed by atoms with van der Waals surface area (Å²) in [7, 11) is 0. The van der Waals surface area contributed by atoms with Crippen LogP contribution in [0.1, 0.15) is 39.3 Å². The molecule has 1 rings (SSSR count). The van der Waals surface area contributed by atoms with Gasteiger partial charge in [0.25, 0.3) is 0 Å². The zero-order valence-corrected chi connectivity index (χ0v) is 10.5. The molecule has 1 heteroatoms. The lowest BCUT2D eigenvalue weighted by molar-refractivity contribution is 0.950. The summed E-state index contributed by atoms with van der Waals surface area (Å²) < 4.78 is 0. The van der Waals surface area contributed by atoms with E-state index < -0.39 is 0 Å². The van der Waals surface area contributed by atoms with E-state index in [1.54, 1.807) is 0 Å². The Kier molecular flexibility index (Phi) is 5.55. The molecule has 0 aliphatic heterocycles. The molecule has 0 aliphatic rings. The van der Waals surface area contributed by atoms with E-state index in [0.29, 0.717) is 0 Å². The van der Waals surface area contributed by atoms with Gasteiger partial charge in [-0.3, -0.25) is 4.98 Å². The van der Waals surface area contributed by atoms with Gasteiger partial charge in [-0.1, -0.05) is 29.4 Å². The molecule has 0 aliphatic carbocycles. The molecule has 0 fully saturated rings. The fraction of sp³-hybridized carbons (Fsp3) is 0.400. The zero-order chi connectivity index (χ0) is 11.8. The molecule has 16 heavy (non-hydrogen) atoms. The Morgan fingerprint density at radius 1 is 1.19 bits per heavy atom. The maximum absolute atomic E-state index is 4.30. The van der Waals surface area contributed by atoms with Gasteiger partial charge in [-0.2, -0.15) is 0 Å². The molecule has 0 saturated carbocycles. The minimum absolute atomic E-state index is 0.946. The highest BCUT2D eigenvalue weighted by Gasteiger charge is 1.92. The summed E-state index contributed by atoms with van der Waals surface area (Å²) >= 11 is 0. The molecule has 0 atom stereocenters. The highest BCUT2D eigenvalue weighted by atomic mass is 14.7. The first-order chi connectivity index (χ1) is 7.68. The normalized spacial score (nSPS) is 11.3. The molecule has 0 bridgehead atoms. The molecule has 0 unspecified atom stereocenters. The maximum Gasteiger partial charge on any atom is 0.0441 e. The third-order valence-corrected chi connectivity index (χ3v) is 2.48. The Balaban J connectivity index is 2.37. The van der Waals surface area contributed by atoms with Crippen LogP contribution in [0.25, 0.3) is 0 Å². The van der Waals surface area contributed by atoms with E-state index >= 15 is 0 Å². The molecule has 0 amide bonds. The van der Waals surface area contributed by atoms with Crippen molar-refractivity contribution in [3.8, 4) is 0 Å². The fourth-order valence-electron chi connectivity index (χ4n) is 1.49. The third-order valence-electron chi connectivity index (χ3n) is 2.48. The van der Waals surface area contributed by atoms with Crippen molar-refractivity contribution in [1.82, 2.24) is 4.98 Å². The zero-order valence-electron chi connectivity index (χ0n) is 10.5. The average molecular weight is 215 g/mol. The second-order valence-corrected chi connectivity index (χ2v) is 4.40. The molecule has 0 spiro atoms. The largest absolute Gasteiger partial charge is 0.261 e. The Morgan fingerprint density at radius 2 is 2.00 bits per heavy atom. The molecule has 1 aromatic rings. The SMILES string of the molecule is CC(C)=CCC/C(C)=C/Cc1ccccn1. The van der Waals surface area contributed by atoms with Crippen molar-refractivity contribution in [2.45, 2.75) is 40.0 Å². The van der Waals surface area contributed by atoms with Gasteiger partial charge in [0.15, 0.2) is 0 Å². The Bertz CT molecular complexity index is 356. The molecule has 0 radical (unpaired) electrons. The van der Waals surface area contributed by atoms with Crippen LogP contribution >= 0.6 is 0 Å². The monoisotopic (exact) mass is 215 g/mol. The van der Waals surface area contributed by atoms with Crippen LogP contribution in [-0.2, 0) is 6.42 Å². The summed E-state index contributed by atoms with van der Waals surface area (Å²) in [5.41, 5.74) is 3.99. The van der Waals surface area contributed by atoms with Crippen molar-refractivity contribution in [2.24, 2.45) is 0 Å². The van der Waals surface area contributed by atoms with Crippen molar-refractivity contribution in [1.29, 1.82) is 0 Å². The van der Waals surface area contributed by atoms with E-state index in [1.165, 1.54) is 11.1 Å². The van der Waals surface area contributed by atoms with E-state index in [-0.39, 0.29) is 0 Å². The number of rotatable bonds is 5. The molecule has 0 N–H and O–H groups in total. The average Bonchev–Trinajstić information content (AvgIpc) is 2.27. The summed E-state index contributed by atoms with van der Waals surface area (Å²) in [6.45, 7) is 6.49. The fourth-order valence-corrected chi connectivity index (χ4v) is 1.49. The van der Waals surface area contributed by atoms with E-state index in [9.17, 15) is 0 Å². The van der Waals surface area contributed by atoms with Crippen LogP contribution in [0.3, 0.4) is 0 Å². The van der Waals surface area contributed by atoms with Crippen molar-refractivity contribution < 1.29 is 0 Å². The highest BCUT2D eigenvalue weighted by Crippen LogP contribution is 2.08.